The van der Waals surface area contributed by atoms with E-state index in [1.54, 1.807) is 0 Å². The van der Waals surface area contributed by atoms with Crippen LogP contribution in [0, 0.1) is 13.0 Å². The van der Waals surface area contributed by atoms with Crippen molar-refractivity contribution in [2.75, 3.05) is 0 Å². The van der Waals surface area contributed by atoms with E-state index in [1.165, 1.54) is 36.7 Å². The molecule has 0 bridgehead atoms. The quantitative estimate of drug-likeness (QED) is 0.0471. The summed E-state index contributed by atoms with van der Waals surface area (Å²) in [5, 5.41) is 47.6. The number of aliphatic imine (C=N–C) groups is 2. The van der Waals surface area contributed by atoms with Gasteiger partial charge in [-0.2, -0.15) is 35.9 Å². The summed E-state index contributed by atoms with van der Waals surface area (Å²) in [4.78, 5) is 10.7. The van der Waals surface area contributed by atoms with Crippen molar-refractivity contribution in [1.29, 1.82) is 0 Å². The van der Waals surface area contributed by atoms with Crippen LogP contribution in [0.15, 0.2) is 338 Å². The van der Waals surface area contributed by atoms with Gasteiger partial charge in [-0.05, 0) is 165 Å². The van der Waals surface area contributed by atoms with Gasteiger partial charge in [-0.25, -0.2) is 0 Å². The van der Waals surface area contributed by atoms with Crippen molar-refractivity contribution in [2.24, 2.45) is 9.98 Å². The summed E-state index contributed by atoms with van der Waals surface area (Å²) < 4.78 is 0. The SMILES string of the molecule is CC(C)(C)[Si](c1ccccc1)(c1ccccc1)c1ccc(-c2ccc3ccccc3c2-c2c([O-])c(C=N[C@@H]3CCCC[C@H]3N=Cc3cc4ccccc4c(-c4c(-c5ccc([Si](c6ccccc6)(c6ccccc6)C(C)(C)C)cc5)ccc5ccccc45)c3[O-])cc3ccccc23)cc1.Cc1cc[c-]cc1.[Ir+3]. The summed E-state index contributed by atoms with van der Waals surface area (Å²) in [7, 11) is -5.27. The molecule has 0 unspecified atom stereocenters. The van der Waals surface area contributed by atoms with E-state index >= 15 is 10.2 Å². The topological polar surface area (TPSA) is 70.8 Å². The first-order chi connectivity index (χ1) is 51.1. The molecule has 0 aliphatic heterocycles. The van der Waals surface area contributed by atoms with Gasteiger partial charge in [-0.3, -0.25) is 9.98 Å². The zero-order valence-electron chi connectivity index (χ0n) is 61.4. The Balaban J connectivity index is 0.00000112. The first-order valence-corrected chi connectivity index (χ1v) is 41.1. The van der Waals surface area contributed by atoms with Crippen LogP contribution >= 0.6 is 0 Å². The molecule has 16 rings (SSSR count). The molecule has 1 aliphatic carbocycles. The molecule has 0 N–H and O–H groups in total. The minimum Gasteiger partial charge on any atom is -0.872 e. The first kappa shape index (κ1) is 72.3. The van der Waals surface area contributed by atoms with Gasteiger partial charge in [-0.1, -0.05) is 364 Å². The Hall–Kier alpha value is -10.6. The van der Waals surface area contributed by atoms with E-state index < -0.39 is 16.1 Å². The second-order valence-corrected chi connectivity index (χ2v) is 39.8. The summed E-state index contributed by atoms with van der Waals surface area (Å²) in [6, 6.07) is 120. The van der Waals surface area contributed by atoms with E-state index in [9.17, 15) is 0 Å². The standard InChI is InChI=1S/C92H82N2O2Si2.C7H7.Ir/c1-91(2,3)97(71-33-11-7-12-34-71,72-35-13-8-14-36-72)75-53-47-65(48-54-75)81-57-51-63-29-19-23-41-77(63)85(81)87-79-43-25-21-31-67(79)59-69(89(87)95)61-93-83-45-27-28-46-84(83)94-62-70-60-68-32-22-26-44-80(68)88(90(70)96)86-78-42-24-20-30-64(78)52-58-82(86)66-49-55-76(56-50-66)98(92(4,5)6,73-37-15-9-16-38-73)74-39-17-10-18-40-74;1-7-5-3-2-4-6-7;/h7-26,29-44,47-62,83-84,95-96H,27-28,45-46H2,1-6H3;3-6H,1H3;/q;-1;+3/p-2/t83-,84-;;/m1../s1. The molecule has 106 heavy (non-hydrogen) atoms. The molecule has 1 saturated carbocycles. The maximum Gasteiger partial charge on any atom is 3.00 e. The number of hydrogen-bond donors (Lipinski definition) is 0. The zero-order chi connectivity index (χ0) is 72.3. The van der Waals surface area contributed by atoms with Gasteiger partial charge in [0.1, 0.15) is 0 Å². The van der Waals surface area contributed by atoms with E-state index in [1.807, 2.05) is 61.0 Å². The second-order valence-electron chi connectivity index (χ2n) is 30.4. The fraction of sp³-hybridized carbons (Fsp3) is 0.152. The Morgan fingerprint density at radius 1 is 0.340 bits per heavy atom. The molecule has 7 heteroatoms. The monoisotopic (exact) mass is 1580 g/mol. The van der Waals surface area contributed by atoms with E-state index in [0.717, 1.165) is 102 Å². The summed E-state index contributed by atoms with van der Waals surface area (Å²) in [6.45, 7) is 16.5. The van der Waals surface area contributed by atoms with E-state index in [-0.39, 0.29) is 53.8 Å². The van der Waals surface area contributed by atoms with E-state index in [4.69, 9.17) is 9.98 Å². The molecule has 0 saturated heterocycles. The molecular formula is C99H87IrN2O2Si2. The minimum absolute atomic E-state index is 0. The van der Waals surface area contributed by atoms with Crippen LogP contribution < -0.4 is 41.3 Å². The predicted molar refractivity (Wildman–Crippen MR) is 449 cm³/mol. The second kappa shape index (κ2) is 30.8. The predicted octanol–water partition coefficient (Wildman–Crippen LogP) is 20.3. The number of rotatable bonds is 14. The third kappa shape index (κ3) is 13.6. The van der Waals surface area contributed by atoms with Crippen molar-refractivity contribution in [3.05, 3.63) is 350 Å². The third-order valence-corrected chi connectivity index (χ3v) is 33.8. The van der Waals surface area contributed by atoms with E-state index in [2.05, 4.69) is 334 Å². The molecule has 522 valence electrons. The van der Waals surface area contributed by atoms with Gasteiger partial charge in [0.15, 0.2) is 16.1 Å². The molecule has 1 aliphatic rings. The fourth-order valence-electron chi connectivity index (χ4n) is 17.4. The summed E-state index contributed by atoms with van der Waals surface area (Å²) >= 11 is 0. The van der Waals surface area contributed by atoms with Crippen molar-refractivity contribution >= 4 is 103 Å². The molecule has 15 aromatic carbocycles. The van der Waals surface area contributed by atoms with Crippen molar-refractivity contribution in [3.8, 4) is 56.0 Å². The summed E-state index contributed by atoms with van der Waals surface area (Å²) in [6.07, 6.45) is 7.27. The normalized spacial score (nSPS) is 14.3. The van der Waals surface area contributed by atoms with Crippen molar-refractivity contribution < 1.29 is 30.3 Å². The zero-order valence-corrected chi connectivity index (χ0v) is 65.8. The van der Waals surface area contributed by atoms with Crippen LogP contribution in [0.1, 0.15) is 83.9 Å². The van der Waals surface area contributed by atoms with Crippen molar-refractivity contribution in [2.45, 2.75) is 96.3 Å². The van der Waals surface area contributed by atoms with Gasteiger partial charge >= 0.3 is 20.1 Å². The van der Waals surface area contributed by atoms with Gasteiger partial charge < -0.3 is 10.2 Å². The fourth-order valence-corrected chi connectivity index (χ4v) is 28.7. The molecular weight excluding hydrogens is 1500 g/mol. The Morgan fingerprint density at radius 2 is 0.632 bits per heavy atom. The Kier molecular flexibility index (Phi) is 21.0. The number of benzene rings is 15. The van der Waals surface area contributed by atoms with Crippen LogP contribution in [0.5, 0.6) is 11.5 Å². The van der Waals surface area contributed by atoms with Crippen LogP contribution in [0.25, 0.3) is 87.6 Å². The van der Waals surface area contributed by atoms with Gasteiger partial charge in [0, 0.05) is 12.4 Å². The molecule has 4 nitrogen and oxygen atoms in total. The van der Waals surface area contributed by atoms with Crippen LogP contribution in [-0.4, -0.2) is 40.7 Å². The van der Waals surface area contributed by atoms with Gasteiger partial charge in [0.2, 0.25) is 0 Å². The first-order valence-electron chi connectivity index (χ1n) is 37.1. The largest absolute Gasteiger partial charge is 3.00 e. The van der Waals surface area contributed by atoms with Gasteiger partial charge in [-0.15, -0.1) is 0 Å². The Labute approximate surface area is 641 Å². The molecule has 0 amide bonds. The third-order valence-electron chi connectivity index (χ3n) is 22.1. The number of hydrogen-bond acceptors (Lipinski definition) is 4. The average molecular weight is 1590 g/mol. The van der Waals surface area contributed by atoms with Crippen molar-refractivity contribution in [1.82, 2.24) is 0 Å². The van der Waals surface area contributed by atoms with E-state index in [0.29, 0.717) is 22.3 Å². The molecule has 0 aromatic heterocycles. The number of fused-ring (bicyclic) bond motifs is 4. The molecule has 0 radical (unpaired) electrons. The Morgan fingerprint density at radius 3 is 0.943 bits per heavy atom. The van der Waals surface area contributed by atoms with Crippen LogP contribution in [-0.2, 0) is 20.1 Å². The summed E-state index contributed by atoms with van der Waals surface area (Å²) in [5.74, 6) is -0.125. The maximum atomic E-state index is 15.8. The molecule has 2 atom stereocenters. The smallest absolute Gasteiger partial charge is 0.872 e. The number of nitrogens with zero attached hydrogens (tertiary/aromatic N) is 2. The van der Waals surface area contributed by atoms with Gasteiger partial charge in [0.25, 0.3) is 0 Å². The Bertz CT molecular complexity index is 5240. The number of aryl methyl sites for hydroxylation is 1. The van der Waals surface area contributed by atoms with Crippen LogP contribution in [0.2, 0.25) is 10.1 Å². The minimum atomic E-state index is -2.63. The average Bonchev–Trinajstić information content (AvgIpc) is 0.732. The van der Waals surface area contributed by atoms with Gasteiger partial charge in [0.05, 0.1) is 12.1 Å². The molecule has 15 aromatic rings. The van der Waals surface area contributed by atoms with Crippen LogP contribution in [0.4, 0.5) is 0 Å². The maximum absolute atomic E-state index is 15.8. The molecule has 0 spiro atoms. The molecule has 0 heterocycles. The van der Waals surface area contributed by atoms with Crippen LogP contribution in [0.3, 0.4) is 0 Å². The molecule has 1 fully saturated rings. The van der Waals surface area contributed by atoms with Crippen molar-refractivity contribution in [3.63, 3.8) is 0 Å². The summed E-state index contributed by atoms with van der Waals surface area (Å²) in [5.41, 5.74) is 9.64.